The molecule has 1 fully saturated rings. The van der Waals surface area contributed by atoms with Crippen LogP contribution in [-0.2, 0) is 30.0 Å². The third-order valence-corrected chi connectivity index (χ3v) is 5.62. The molecule has 2 aromatic carbocycles. The lowest BCUT2D eigenvalue weighted by atomic mass is 9.99. The third-order valence-electron chi connectivity index (χ3n) is 5.62. The first kappa shape index (κ1) is 26.9. The largest absolute Gasteiger partial charge is 0.416 e. The maximum absolute atomic E-state index is 12.9. The van der Waals surface area contributed by atoms with E-state index in [0.29, 0.717) is 12.2 Å². The van der Waals surface area contributed by atoms with E-state index in [0.717, 1.165) is 23.3 Å². The first-order chi connectivity index (χ1) is 16.8. The van der Waals surface area contributed by atoms with Crippen molar-refractivity contribution in [2.75, 3.05) is 20.8 Å². The Morgan fingerprint density at radius 1 is 0.914 bits per heavy atom. The Balaban J connectivity index is 1.62. The molecule has 5 atom stereocenters. The van der Waals surface area contributed by atoms with Crippen LogP contribution in [0.2, 0.25) is 0 Å². The summed E-state index contributed by atoms with van der Waals surface area (Å²) in [6.45, 7) is 4.26. The summed E-state index contributed by atoms with van der Waals surface area (Å²) < 4.78 is 61.4. The van der Waals surface area contributed by atoms with Gasteiger partial charge in [0.2, 0.25) is 0 Å². The lowest BCUT2D eigenvalue weighted by Gasteiger charge is -2.42. The second-order valence-electron chi connectivity index (χ2n) is 7.99. The van der Waals surface area contributed by atoms with Crippen LogP contribution < -0.4 is 0 Å². The second kappa shape index (κ2) is 12.3. The maximum Gasteiger partial charge on any atom is 0.416 e. The van der Waals surface area contributed by atoms with Gasteiger partial charge in [0, 0.05) is 20.8 Å². The predicted octanol–water partition coefficient (Wildman–Crippen LogP) is 5.41. The van der Waals surface area contributed by atoms with Crippen LogP contribution in [0, 0.1) is 0 Å². The molecule has 0 N–H and O–H groups in total. The fraction of sp³-hybridized carbons (Fsp3) is 0.423. The van der Waals surface area contributed by atoms with Crippen LogP contribution in [0.1, 0.15) is 36.1 Å². The highest BCUT2D eigenvalue weighted by Crippen LogP contribution is 2.30. The van der Waals surface area contributed by atoms with E-state index in [4.69, 9.17) is 23.8 Å². The van der Waals surface area contributed by atoms with E-state index in [9.17, 15) is 13.2 Å². The van der Waals surface area contributed by atoms with Crippen LogP contribution in [-0.4, -0.2) is 57.7 Å². The van der Waals surface area contributed by atoms with Crippen molar-refractivity contribution in [1.82, 2.24) is 0 Å². The van der Waals surface area contributed by atoms with Crippen molar-refractivity contribution in [3.8, 4) is 0 Å². The van der Waals surface area contributed by atoms with Crippen molar-refractivity contribution >= 4 is 18.4 Å². The van der Waals surface area contributed by atoms with E-state index < -0.39 is 24.1 Å². The molecule has 3 rings (SSSR count). The van der Waals surface area contributed by atoms with Crippen molar-refractivity contribution in [2.24, 2.45) is 5.16 Å². The zero-order valence-corrected chi connectivity index (χ0v) is 20.1. The molecule has 1 saturated heterocycles. The normalized spacial score (nSPS) is 25.4. The van der Waals surface area contributed by atoms with Gasteiger partial charge in [-0.2, -0.15) is 13.2 Å². The highest BCUT2D eigenvalue weighted by molar-refractivity contribution is 5.80. The first-order valence-electron chi connectivity index (χ1n) is 11.2. The minimum atomic E-state index is -4.37. The third kappa shape index (κ3) is 7.14. The van der Waals surface area contributed by atoms with Gasteiger partial charge in [0.25, 0.3) is 6.29 Å². The van der Waals surface area contributed by atoms with Crippen LogP contribution in [0.4, 0.5) is 13.2 Å². The number of nitrogens with zero attached hydrogens (tertiary/aromatic N) is 1. The molecule has 1 aliphatic rings. The average molecular weight is 494 g/mol. The lowest BCUT2D eigenvalue weighted by molar-refractivity contribution is -0.308. The topological polar surface area (TPSA) is 58.5 Å². The molecule has 1 heterocycles. The highest BCUT2D eigenvalue weighted by Gasteiger charge is 2.47. The van der Waals surface area contributed by atoms with Gasteiger partial charge in [0.1, 0.15) is 12.2 Å². The SMILES string of the molecule is CCOC1C(OC)C(C)O[C@@H](ON=Cc2ccc(C=Cc3cccc(C(F)(F)F)c3)cc2)C1OC. The summed E-state index contributed by atoms with van der Waals surface area (Å²) in [5.74, 6) is 0. The number of oxime groups is 1. The van der Waals surface area contributed by atoms with Gasteiger partial charge in [-0.25, -0.2) is 0 Å². The summed E-state index contributed by atoms with van der Waals surface area (Å²) >= 11 is 0. The fourth-order valence-corrected chi connectivity index (χ4v) is 3.87. The summed E-state index contributed by atoms with van der Waals surface area (Å²) in [4.78, 5) is 5.59. The number of rotatable bonds is 9. The summed E-state index contributed by atoms with van der Waals surface area (Å²) in [7, 11) is 3.15. The van der Waals surface area contributed by atoms with Crippen molar-refractivity contribution in [3.05, 3.63) is 70.8 Å². The molecule has 0 aliphatic carbocycles. The molecule has 190 valence electrons. The molecular weight excluding hydrogens is 463 g/mol. The molecule has 0 aromatic heterocycles. The fourth-order valence-electron chi connectivity index (χ4n) is 3.87. The molecule has 35 heavy (non-hydrogen) atoms. The van der Waals surface area contributed by atoms with E-state index in [1.807, 2.05) is 38.1 Å². The van der Waals surface area contributed by atoms with Crippen LogP contribution >= 0.6 is 0 Å². The Hall–Kier alpha value is -2.72. The van der Waals surface area contributed by atoms with E-state index in [1.165, 1.54) is 6.07 Å². The van der Waals surface area contributed by atoms with Gasteiger partial charge in [0.15, 0.2) is 6.10 Å². The molecule has 0 bridgehead atoms. The summed E-state index contributed by atoms with van der Waals surface area (Å²) in [6, 6.07) is 12.5. The summed E-state index contributed by atoms with van der Waals surface area (Å²) in [6.07, 6.45) is -1.72. The van der Waals surface area contributed by atoms with Crippen molar-refractivity contribution in [3.63, 3.8) is 0 Å². The number of halogens is 3. The predicted molar refractivity (Wildman–Crippen MR) is 127 cm³/mol. The zero-order chi connectivity index (χ0) is 25.4. The molecule has 0 spiro atoms. The van der Waals surface area contributed by atoms with E-state index in [2.05, 4.69) is 5.16 Å². The highest BCUT2D eigenvalue weighted by atomic mass is 19.4. The number of alkyl halides is 3. The van der Waals surface area contributed by atoms with E-state index >= 15 is 0 Å². The minimum Gasteiger partial charge on any atom is -0.376 e. The summed E-state index contributed by atoms with van der Waals surface area (Å²) in [5, 5.41) is 4.05. The second-order valence-corrected chi connectivity index (χ2v) is 7.99. The lowest BCUT2D eigenvalue weighted by Crippen LogP contribution is -2.59. The van der Waals surface area contributed by atoms with Crippen LogP contribution in [0.3, 0.4) is 0 Å². The number of hydrogen-bond donors (Lipinski definition) is 0. The van der Waals surface area contributed by atoms with Gasteiger partial charge in [-0.1, -0.05) is 53.7 Å². The van der Waals surface area contributed by atoms with Crippen LogP contribution in [0.5, 0.6) is 0 Å². The first-order valence-corrected chi connectivity index (χ1v) is 11.2. The van der Waals surface area contributed by atoms with Crippen molar-refractivity contribution in [2.45, 2.75) is 50.7 Å². The monoisotopic (exact) mass is 493 g/mol. The van der Waals surface area contributed by atoms with E-state index in [-0.39, 0.29) is 18.3 Å². The number of ether oxygens (including phenoxy) is 4. The molecule has 4 unspecified atom stereocenters. The summed E-state index contributed by atoms with van der Waals surface area (Å²) in [5.41, 5.74) is 1.39. The molecular formula is C26H30F3NO5. The Kier molecular flexibility index (Phi) is 9.45. The molecule has 1 aliphatic heterocycles. The number of methoxy groups -OCH3 is 2. The van der Waals surface area contributed by atoms with E-state index in [1.54, 1.807) is 38.7 Å². The Labute approximate surface area is 203 Å². The molecule has 2 aromatic rings. The number of benzene rings is 2. The molecule has 0 saturated carbocycles. The van der Waals surface area contributed by atoms with Crippen LogP contribution in [0.25, 0.3) is 12.2 Å². The van der Waals surface area contributed by atoms with Gasteiger partial charge in [0.05, 0.1) is 17.9 Å². The average Bonchev–Trinajstić information content (AvgIpc) is 2.83. The quantitative estimate of drug-likeness (QED) is 0.266. The van der Waals surface area contributed by atoms with Gasteiger partial charge >= 0.3 is 6.18 Å². The maximum atomic E-state index is 12.9. The van der Waals surface area contributed by atoms with Crippen molar-refractivity contribution in [1.29, 1.82) is 0 Å². The molecule has 0 radical (unpaired) electrons. The van der Waals surface area contributed by atoms with Crippen molar-refractivity contribution < 1.29 is 37.0 Å². The van der Waals surface area contributed by atoms with Gasteiger partial charge in [-0.05, 0) is 42.7 Å². The molecule has 6 nitrogen and oxygen atoms in total. The molecule has 0 amide bonds. The van der Waals surface area contributed by atoms with Gasteiger partial charge in [-0.3, -0.25) is 0 Å². The smallest absolute Gasteiger partial charge is 0.376 e. The van der Waals surface area contributed by atoms with Crippen LogP contribution in [0.15, 0.2) is 53.7 Å². The Morgan fingerprint density at radius 3 is 2.20 bits per heavy atom. The zero-order valence-electron chi connectivity index (χ0n) is 20.1. The number of hydrogen-bond acceptors (Lipinski definition) is 6. The Morgan fingerprint density at radius 2 is 1.57 bits per heavy atom. The standard InChI is InChI=1S/C26H30F3NO5/c1-5-33-23-22(31-3)17(2)34-25(24(23)32-4)35-30-16-20-13-10-18(11-14-20)9-12-19-7-6-8-21(15-19)26(27,28)29/h6-17,22-25H,5H2,1-4H3/t17?,22?,23?,24?,25-/m0/s1. The Bertz CT molecular complexity index is 993. The van der Waals surface area contributed by atoms with Gasteiger partial charge in [-0.15, -0.1) is 0 Å². The van der Waals surface area contributed by atoms with Gasteiger partial charge < -0.3 is 23.8 Å². The minimum absolute atomic E-state index is 0.286. The molecule has 9 heteroatoms.